The van der Waals surface area contributed by atoms with Gasteiger partial charge in [-0.25, -0.2) is 0 Å². The van der Waals surface area contributed by atoms with Crippen molar-refractivity contribution < 1.29 is 4.79 Å². The van der Waals surface area contributed by atoms with E-state index in [1.165, 1.54) is 11.8 Å². The van der Waals surface area contributed by atoms with E-state index >= 15 is 0 Å². The van der Waals surface area contributed by atoms with E-state index in [1.807, 2.05) is 49.7 Å². The lowest BCUT2D eigenvalue weighted by Gasteiger charge is -2.22. The number of carbonyl (C=O) groups is 1. The third-order valence-corrected chi connectivity index (χ3v) is 5.90. The normalized spacial score (nSPS) is 17.9. The Kier molecular flexibility index (Phi) is 4.73. The van der Waals surface area contributed by atoms with Crippen molar-refractivity contribution in [1.29, 1.82) is 5.41 Å². The first-order valence-electron chi connectivity index (χ1n) is 8.49. The minimum Gasteiger partial charge on any atom is -0.318 e. The number of aliphatic imine (C=N–C) groups is 1. The number of rotatable bonds is 2. The van der Waals surface area contributed by atoms with Gasteiger partial charge in [-0.3, -0.25) is 15.1 Å². The number of thioether (sulfide) groups is 1. The molecule has 2 aliphatic heterocycles. The largest absolute Gasteiger partial charge is 0.318 e. The fourth-order valence-electron chi connectivity index (χ4n) is 3.36. The van der Waals surface area contributed by atoms with Gasteiger partial charge >= 0.3 is 0 Å². The molecule has 0 fully saturated rings. The molecule has 28 heavy (non-hydrogen) atoms. The fraction of sp³-hybridized carbons (Fsp3) is 0.150. The first-order chi connectivity index (χ1) is 13.2. The number of allylic oxidation sites excluding steroid dienone is 1. The molecule has 0 radical (unpaired) electrons. The highest BCUT2D eigenvalue weighted by atomic mass is 35.5. The molecule has 4 rings (SSSR count). The number of carbonyl (C=O) groups excluding carboxylic acids is 1. The maximum absolute atomic E-state index is 12.5. The summed E-state index contributed by atoms with van der Waals surface area (Å²) in [6, 6.07) is 7.33. The van der Waals surface area contributed by atoms with Crippen molar-refractivity contribution in [2.75, 3.05) is 0 Å². The predicted octanol–water partition coefficient (Wildman–Crippen LogP) is 5.57. The van der Waals surface area contributed by atoms with E-state index in [0.29, 0.717) is 15.2 Å². The number of amides is 1. The average molecular weight is 431 g/mol. The van der Waals surface area contributed by atoms with E-state index in [0.717, 1.165) is 27.5 Å². The zero-order chi connectivity index (χ0) is 20.2. The van der Waals surface area contributed by atoms with Crippen molar-refractivity contribution in [2.45, 2.75) is 20.8 Å². The lowest BCUT2D eigenvalue weighted by molar-refractivity contribution is -0.114. The second kappa shape index (κ2) is 6.95. The second-order valence-corrected chi connectivity index (χ2v) is 8.69. The first kappa shape index (κ1) is 19.1. The van der Waals surface area contributed by atoms with E-state index < -0.39 is 5.91 Å². The van der Waals surface area contributed by atoms with Crippen LogP contribution < -0.4 is 0 Å². The number of amidine groups is 2. The van der Waals surface area contributed by atoms with Gasteiger partial charge in [0.25, 0.3) is 5.91 Å². The minimum absolute atomic E-state index is 0.134. The lowest BCUT2D eigenvalue weighted by Crippen LogP contribution is -2.35. The van der Waals surface area contributed by atoms with Crippen LogP contribution >= 0.6 is 35.0 Å². The van der Waals surface area contributed by atoms with Gasteiger partial charge in [0.15, 0.2) is 5.17 Å². The monoisotopic (exact) mass is 430 g/mol. The van der Waals surface area contributed by atoms with Gasteiger partial charge < -0.3 is 4.57 Å². The first-order valence-corrected chi connectivity index (χ1v) is 10.1. The second-order valence-electron chi connectivity index (χ2n) is 6.61. The molecular formula is C20H16Cl2N4OS. The number of hydrogen-bond donors (Lipinski definition) is 1. The molecule has 2 aromatic rings. The summed E-state index contributed by atoms with van der Waals surface area (Å²) in [5, 5.41) is 10.1. The highest BCUT2D eigenvalue weighted by Gasteiger charge is 2.33. The van der Waals surface area contributed by atoms with Gasteiger partial charge in [0.05, 0.1) is 5.57 Å². The molecule has 3 heterocycles. The molecule has 8 heteroatoms. The summed E-state index contributed by atoms with van der Waals surface area (Å²) in [4.78, 5) is 19.3. The molecule has 0 aliphatic carbocycles. The lowest BCUT2D eigenvalue weighted by atomic mass is 10.1. The van der Waals surface area contributed by atoms with Crippen LogP contribution in [-0.2, 0) is 4.79 Å². The molecule has 142 valence electrons. The Balaban J connectivity index is 1.79. The molecule has 2 aliphatic rings. The number of fused-ring (bicyclic) bond motifs is 1. The van der Waals surface area contributed by atoms with Crippen LogP contribution in [0.3, 0.4) is 0 Å². The van der Waals surface area contributed by atoms with Crippen molar-refractivity contribution >= 4 is 58.0 Å². The molecule has 5 nitrogen and oxygen atoms in total. The van der Waals surface area contributed by atoms with Crippen molar-refractivity contribution in [3.63, 3.8) is 0 Å². The third kappa shape index (κ3) is 3.21. The molecule has 0 saturated carbocycles. The van der Waals surface area contributed by atoms with E-state index in [9.17, 15) is 4.79 Å². The van der Waals surface area contributed by atoms with Gasteiger partial charge in [0, 0.05) is 38.2 Å². The zero-order valence-electron chi connectivity index (χ0n) is 15.4. The molecule has 0 bridgehead atoms. The predicted molar refractivity (Wildman–Crippen MR) is 117 cm³/mol. The van der Waals surface area contributed by atoms with Crippen LogP contribution in [0.5, 0.6) is 0 Å². The number of halogens is 2. The Hall–Kier alpha value is -2.28. The van der Waals surface area contributed by atoms with Gasteiger partial charge in [-0.05, 0) is 56.7 Å². The van der Waals surface area contributed by atoms with Gasteiger partial charge in [0.2, 0.25) is 0 Å². The Labute approximate surface area is 176 Å². The summed E-state index contributed by atoms with van der Waals surface area (Å²) in [5.74, 6) is -0.266. The Morgan fingerprint density at radius 1 is 1.11 bits per heavy atom. The summed E-state index contributed by atoms with van der Waals surface area (Å²) in [5.41, 5.74) is 3.83. The highest BCUT2D eigenvalue weighted by molar-refractivity contribution is 8.17. The third-order valence-electron chi connectivity index (χ3n) is 4.57. The quantitative estimate of drug-likeness (QED) is 0.633. The van der Waals surface area contributed by atoms with Crippen LogP contribution in [0.1, 0.15) is 23.9 Å². The maximum atomic E-state index is 12.5. The number of nitrogens with one attached hydrogen (secondary N) is 1. The van der Waals surface area contributed by atoms with Crippen molar-refractivity contribution in [3.05, 3.63) is 67.9 Å². The molecule has 1 N–H and O–H groups in total. The smallest absolute Gasteiger partial charge is 0.283 e. The Bertz CT molecular complexity index is 1120. The molecular weight excluding hydrogens is 415 g/mol. The van der Waals surface area contributed by atoms with E-state index in [-0.39, 0.29) is 11.4 Å². The number of hydrogen-bond acceptors (Lipinski definition) is 3. The van der Waals surface area contributed by atoms with Gasteiger partial charge in [0.1, 0.15) is 5.84 Å². The molecule has 1 aromatic heterocycles. The molecule has 0 saturated heterocycles. The van der Waals surface area contributed by atoms with E-state index in [2.05, 4.69) is 4.99 Å². The molecule has 1 amide bonds. The summed E-state index contributed by atoms with van der Waals surface area (Å²) < 4.78 is 2.02. The standard InChI is InChI=1S/C20H16Cl2N4OS/c1-10-4-13(12(3)26(10)16-7-14(21)6-15(22)8-16)5-17-18(23)25-9-11(2)28-20(25)24-19(17)27/h4-9,23H,1-3H3. The molecule has 0 unspecified atom stereocenters. The van der Waals surface area contributed by atoms with Gasteiger partial charge in [-0.15, -0.1) is 0 Å². The average Bonchev–Trinajstić information content (AvgIpc) is 3.09. The number of benzene rings is 1. The van der Waals surface area contributed by atoms with Crippen molar-refractivity contribution in [1.82, 2.24) is 9.47 Å². The molecule has 1 aromatic carbocycles. The number of aryl methyl sites for hydroxylation is 1. The topological polar surface area (TPSA) is 61.5 Å². The summed E-state index contributed by atoms with van der Waals surface area (Å²) in [6.45, 7) is 5.85. The van der Waals surface area contributed by atoms with Crippen LogP contribution in [0, 0.1) is 19.3 Å². The van der Waals surface area contributed by atoms with E-state index in [1.54, 1.807) is 17.0 Å². The zero-order valence-corrected chi connectivity index (χ0v) is 17.7. The Morgan fingerprint density at radius 3 is 2.46 bits per heavy atom. The highest BCUT2D eigenvalue weighted by Crippen LogP contribution is 2.33. The van der Waals surface area contributed by atoms with Gasteiger partial charge in [-0.2, -0.15) is 4.99 Å². The number of nitrogens with zero attached hydrogens (tertiary/aromatic N) is 3. The van der Waals surface area contributed by atoms with E-state index in [4.69, 9.17) is 28.6 Å². The molecule has 0 atom stereocenters. The summed E-state index contributed by atoms with van der Waals surface area (Å²) in [6.07, 6.45) is 3.55. The Morgan fingerprint density at radius 2 is 1.79 bits per heavy atom. The maximum Gasteiger partial charge on any atom is 0.283 e. The SMILES string of the molecule is CC1=CN2C(=N)C(=Cc3cc(C)n(-c4cc(Cl)cc(Cl)c4)c3C)C(=O)N=C2S1. The van der Waals surface area contributed by atoms with Crippen LogP contribution in [0.2, 0.25) is 10.0 Å². The van der Waals surface area contributed by atoms with Crippen molar-refractivity contribution in [3.8, 4) is 5.69 Å². The number of aromatic nitrogens is 1. The van der Waals surface area contributed by atoms with Crippen molar-refractivity contribution in [2.24, 2.45) is 4.99 Å². The van der Waals surface area contributed by atoms with Crippen LogP contribution in [0.4, 0.5) is 0 Å². The van der Waals surface area contributed by atoms with Crippen LogP contribution in [-0.4, -0.2) is 26.4 Å². The summed E-state index contributed by atoms with van der Waals surface area (Å²) >= 11 is 13.7. The van der Waals surface area contributed by atoms with Gasteiger partial charge in [-0.1, -0.05) is 35.0 Å². The molecule has 0 spiro atoms. The minimum atomic E-state index is -0.401. The van der Waals surface area contributed by atoms with Crippen LogP contribution in [0.15, 0.2) is 45.9 Å². The fourth-order valence-corrected chi connectivity index (χ4v) is 4.69. The summed E-state index contributed by atoms with van der Waals surface area (Å²) in [7, 11) is 0. The van der Waals surface area contributed by atoms with Crippen LogP contribution in [0.25, 0.3) is 11.8 Å².